The van der Waals surface area contributed by atoms with E-state index in [-0.39, 0.29) is 26.1 Å². The van der Waals surface area contributed by atoms with Crippen molar-refractivity contribution in [1.29, 1.82) is 0 Å². The van der Waals surface area contributed by atoms with Gasteiger partial charge in [0.05, 0.1) is 41.1 Å². The summed E-state index contributed by atoms with van der Waals surface area (Å²) in [7, 11) is -1.36. The summed E-state index contributed by atoms with van der Waals surface area (Å²) in [5.41, 5.74) is 0. The lowest BCUT2D eigenvalue weighted by Gasteiger charge is -2.36. The minimum atomic E-state index is -1.36. The molecule has 0 heterocycles. The fraction of sp³-hybridized carbons (Fsp3) is 0.556. The molecule has 0 aliphatic heterocycles. The molecular weight excluding hydrogens is 364 g/mol. The molecule has 1 fully saturated rings. The van der Waals surface area contributed by atoms with E-state index < -0.39 is 45.2 Å². The maximum absolute atomic E-state index is 12.9. The van der Waals surface area contributed by atoms with E-state index in [0.29, 0.717) is 4.90 Å². The molecule has 1 aromatic carbocycles. The van der Waals surface area contributed by atoms with Crippen molar-refractivity contribution in [2.45, 2.75) is 42.2 Å². The highest BCUT2D eigenvalue weighted by atomic mass is 35.5. The first-order valence-corrected chi connectivity index (χ1v) is 10.1. The Hall–Kier alpha value is -1.40. The van der Waals surface area contributed by atoms with E-state index >= 15 is 0 Å². The molecule has 1 aliphatic carbocycles. The lowest BCUT2D eigenvalue weighted by Crippen LogP contribution is -2.45. The molecule has 0 aromatic heterocycles. The number of carbonyl (C=O) groups excluding carboxylic acids is 2. The lowest BCUT2D eigenvalue weighted by atomic mass is 9.78. The zero-order chi connectivity index (χ0) is 18.4. The van der Waals surface area contributed by atoms with Crippen molar-refractivity contribution in [3.05, 3.63) is 30.3 Å². The predicted octanol–water partition coefficient (Wildman–Crippen LogP) is 2.92. The molecule has 138 valence electrons. The van der Waals surface area contributed by atoms with E-state index in [1.54, 1.807) is 26.0 Å². The van der Waals surface area contributed by atoms with Crippen LogP contribution in [-0.2, 0) is 29.9 Å². The minimum Gasteiger partial charge on any atom is -0.466 e. The van der Waals surface area contributed by atoms with Gasteiger partial charge in [-0.3, -0.25) is 13.8 Å². The SMILES string of the molecule is CCOC(=O)C1CC(Cl)C(S(=O)c2ccccc2)CC1C(=O)OCC. The number of carbonyl (C=O) groups is 2. The van der Waals surface area contributed by atoms with Gasteiger partial charge in [0.2, 0.25) is 0 Å². The highest BCUT2D eigenvalue weighted by Gasteiger charge is 2.46. The Morgan fingerprint density at radius 2 is 1.56 bits per heavy atom. The predicted molar refractivity (Wildman–Crippen MR) is 95.8 cm³/mol. The summed E-state index contributed by atoms with van der Waals surface area (Å²) in [5, 5.41) is -0.912. The molecule has 0 bridgehead atoms. The average Bonchev–Trinajstić information content (AvgIpc) is 2.62. The summed E-state index contributed by atoms with van der Waals surface area (Å²) >= 11 is 6.46. The lowest BCUT2D eigenvalue weighted by molar-refractivity contribution is -0.162. The molecule has 5 nitrogen and oxygen atoms in total. The van der Waals surface area contributed by atoms with Gasteiger partial charge in [-0.15, -0.1) is 11.6 Å². The first kappa shape index (κ1) is 19.9. The van der Waals surface area contributed by atoms with Crippen LogP contribution in [0.3, 0.4) is 0 Å². The highest BCUT2D eigenvalue weighted by Crippen LogP contribution is 2.38. The Morgan fingerprint density at radius 1 is 1.04 bits per heavy atom. The van der Waals surface area contributed by atoms with E-state index in [1.165, 1.54) is 0 Å². The molecule has 0 N–H and O–H groups in total. The Balaban J connectivity index is 2.24. The third kappa shape index (κ3) is 4.82. The molecular formula is C18H23ClO5S. The van der Waals surface area contributed by atoms with Crippen molar-refractivity contribution in [3.8, 4) is 0 Å². The number of esters is 2. The average molecular weight is 387 g/mol. The molecule has 7 heteroatoms. The molecule has 1 aliphatic rings. The van der Waals surface area contributed by atoms with Crippen LogP contribution < -0.4 is 0 Å². The van der Waals surface area contributed by atoms with E-state index in [2.05, 4.69) is 0 Å². The van der Waals surface area contributed by atoms with Gasteiger partial charge in [0.15, 0.2) is 0 Å². The van der Waals surface area contributed by atoms with Crippen LogP contribution in [0.5, 0.6) is 0 Å². The van der Waals surface area contributed by atoms with Gasteiger partial charge in [-0.25, -0.2) is 0 Å². The summed E-state index contributed by atoms with van der Waals surface area (Å²) in [5.74, 6) is -2.26. The van der Waals surface area contributed by atoms with Crippen LogP contribution in [0.2, 0.25) is 0 Å². The third-order valence-corrected chi connectivity index (χ3v) is 6.72. The van der Waals surface area contributed by atoms with Gasteiger partial charge in [-0.05, 0) is 38.8 Å². The standard InChI is InChI=1S/C18H23ClO5S/c1-3-23-17(20)13-10-15(19)16(11-14(13)18(21)24-4-2)25(22)12-8-6-5-7-9-12/h5-9,13-16H,3-4,10-11H2,1-2H3. The molecule has 25 heavy (non-hydrogen) atoms. The van der Waals surface area contributed by atoms with Crippen molar-refractivity contribution in [2.24, 2.45) is 11.8 Å². The third-order valence-electron chi connectivity index (χ3n) is 4.28. The summed E-state index contributed by atoms with van der Waals surface area (Å²) in [6.45, 7) is 3.88. The maximum atomic E-state index is 12.9. The topological polar surface area (TPSA) is 69.7 Å². The molecule has 2 rings (SSSR count). The fourth-order valence-corrected chi connectivity index (χ4v) is 5.20. The van der Waals surface area contributed by atoms with Gasteiger partial charge >= 0.3 is 11.9 Å². The molecule has 5 unspecified atom stereocenters. The van der Waals surface area contributed by atoms with Gasteiger partial charge in [-0.1, -0.05) is 18.2 Å². The minimum absolute atomic E-state index is 0.224. The van der Waals surface area contributed by atoms with Gasteiger partial charge in [0.1, 0.15) is 0 Å². The number of halogens is 1. The zero-order valence-corrected chi connectivity index (χ0v) is 15.9. The molecule has 0 saturated heterocycles. The first-order chi connectivity index (χ1) is 12.0. The molecule has 0 spiro atoms. The van der Waals surface area contributed by atoms with Crippen LogP contribution in [0.4, 0.5) is 0 Å². The second-order valence-electron chi connectivity index (χ2n) is 5.85. The first-order valence-electron chi connectivity index (χ1n) is 8.42. The molecule has 0 radical (unpaired) electrons. The van der Waals surface area contributed by atoms with Crippen LogP contribution in [0.15, 0.2) is 35.2 Å². The van der Waals surface area contributed by atoms with E-state index in [4.69, 9.17) is 21.1 Å². The Bertz CT molecular complexity index is 621. The smallest absolute Gasteiger partial charge is 0.309 e. The number of benzene rings is 1. The van der Waals surface area contributed by atoms with Crippen molar-refractivity contribution in [3.63, 3.8) is 0 Å². The molecule has 0 amide bonds. The van der Waals surface area contributed by atoms with Crippen molar-refractivity contribution in [2.75, 3.05) is 13.2 Å². The largest absolute Gasteiger partial charge is 0.466 e. The second-order valence-corrected chi connectivity index (χ2v) is 8.09. The quantitative estimate of drug-likeness (QED) is 0.555. The summed E-state index contributed by atoms with van der Waals surface area (Å²) in [6.07, 6.45) is 0.477. The van der Waals surface area contributed by atoms with Gasteiger partial charge < -0.3 is 9.47 Å². The summed E-state index contributed by atoms with van der Waals surface area (Å²) in [6, 6.07) is 9.01. The van der Waals surface area contributed by atoms with Crippen molar-refractivity contribution in [1.82, 2.24) is 0 Å². The van der Waals surface area contributed by atoms with E-state index in [9.17, 15) is 13.8 Å². The maximum Gasteiger partial charge on any atom is 0.309 e. The van der Waals surface area contributed by atoms with Gasteiger partial charge in [-0.2, -0.15) is 0 Å². The normalized spacial score (nSPS) is 27.3. The monoisotopic (exact) mass is 386 g/mol. The van der Waals surface area contributed by atoms with Gasteiger partial charge in [0, 0.05) is 10.3 Å². The Morgan fingerprint density at radius 3 is 2.08 bits per heavy atom. The number of alkyl halides is 1. The Kier molecular flexibility index (Phi) is 7.44. The zero-order valence-electron chi connectivity index (χ0n) is 14.4. The molecule has 1 saturated carbocycles. The number of rotatable bonds is 6. The Labute approximate surface area is 155 Å². The molecule has 5 atom stereocenters. The van der Waals surface area contributed by atoms with Crippen molar-refractivity contribution >= 4 is 34.3 Å². The van der Waals surface area contributed by atoms with Crippen LogP contribution in [-0.4, -0.2) is 40.0 Å². The molecule has 1 aromatic rings. The van der Waals surface area contributed by atoms with Gasteiger partial charge in [0.25, 0.3) is 0 Å². The highest BCUT2D eigenvalue weighted by molar-refractivity contribution is 7.85. The summed E-state index contributed by atoms with van der Waals surface area (Å²) in [4.78, 5) is 25.3. The van der Waals surface area contributed by atoms with Crippen LogP contribution >= 0.6 is 11.6 Å². The van der Waals surface area contributed by atoms with E-state index in [0.717, 1.165) is 0 Å². The van der Waals surface area contributed by atoms with Crippen LogP contribution in [0, 0.1) is 11.8 Å². The van der Waals surface area contributed by atoms with Crippen molar-refractivity contribution < 1.29 is 23.3 Å². The van der Waals surface area contributed by atoms with Crippen LogP contribution in [0.25, 0.3) is 0 Å². The van der Waals surface area contributed by atoms with Crippen LogP contribution in [0.1, 0.15) is 26.7 Å². The van der Waals surface area contributed by atoms with E-state index in [1.807, 2.05) is 18.2 Å². The second kappa shape index (κ2) is 9.34. The number of hydrogen-bond donors (Lipinski definition) is 0. The number of hydrogen-bond acceptors (Lipinski definition) is 5. The summed E-state index contributed by atoms with van der Waals surface area (Å²) < 4.78 is 23.1. The fourth-order valence-electron chi connectivity index (χ4n) is 3.09. The number of ether oxygens (including phenoxy) is 2.